The van der Waals surface area contributed by atoms with E-state index >= 15 is 0 Å². The Morgan fingerprint density at radius 1 is 1.15 bits per heavy atom. The number of anilines is 2. The molecule has 5 nitrogen and oxygen atoms in total. The van der Waals surface area contributed by atoms with E-state index in [-0.39, 0.29) is 11.6 Å². The first-order chi connectivity index (χ1) is 12.7. The molecule has 0 unspecified atom stereocenters. The van der Waals surface area contributed by atoms with Crippen molar-refractivity contribution in [3.8, 4) is 0 Å². The van der Waals surface area contributed by atoms with Crippen LogP contribution in [0.3, 0.4) is 0 Å². The van der Waals surface area contributed by atoms with Crippen molar-refractivity contribution in [1.82, 2.24) is 15.3 Å². The van der Waals surface area contributed by atoms with Gasteiger partial charge >= 0.3 is 6.18 Å². The Morgan fingerprint density at radius 3 is 2.37 bits per heavy atom. The summed E-state index contributed by atoms with van der Waals surface area (Å²) in [5, 5.41) is 4.76. The van der Waals surface area contributed by atoms with Gasteiger partial charge in [-0.15, -0.1) is 0 Å². The molecule has 1 aromatic carbocycles. The number of nitrogens with one attached hydrogen (secondary N) is 2. The van der Waals surface area contributed by atoms with E-state index in [2.05, 4.69) is 20.6 Å². The van der Waals surface area contributed by atoms with Crippen LogP contribution in [-0.2, 0) is 6.18 Å². The fourth-order valence-corrected chi connectivity index (χ4v) is 2.61. The van der Waals surface area contributed by atoms with Crippen LogP contribution in [0.25, 0.3) is 0 Å². The first-order valence-corrected chi connectivity index (χ1v) is 8.18. The molecule has 0 atom stereocenters. The topological polar surface area (TPSA) is 66.9 Å². The van der Waals surface area contributed by atoms with Crippen molar-refractivity contribution < 1.29 is 26.7 Å². The Morgan fingerprint density at radius 2 is 1.81 bits per heavy atom. The van der Waals surface area contributed by atoms with Gasteiger partial charge in [0.15, 0.2) is 5.69 Å². The van der Waals surface area contributed by atoms with Gasteiger partial charge in [-0.25, -0.2) is 18.7 Å². The van der Waals surface area contributed by atoms with Crippen LogP contribution in [0.4, 0.5) is 33.6 Å². The lowest BCUT2D eigenvalue weighted by Crippen LogP contribution is -2.33. The van der Waals surface area contributed by atoms with Gasteiger partial charge in [0.25, 0.3) is 5.91 Å². The van der Waals surface area contributed by atoms with Gasteiger partial charge in [0.05, 0.1) is 5.56 Å². The lowest BCUT2D eigenvalue weighted by molar-refractivity contribution is -0.141. The first kappa shape index (κ1) is 19.0. The molecule has 0 radical (unpaired) electrons. The van der Waals surface area contributed by atoms with Crippen LogP contribution in [-0.4, -0.2) is 22.4 Å². The predicted octanol–water partition coefficient (Wildman–Crippen LogP) is 4.05. The van der Waals surface area contributed by atoms with E-state index in [0.717, 1.165) is 37.6 Å². The van der Waals surface area contributed by atoms with E-state index < -0.39 is 40.9 Å². The van der Waals surface area contributed by atoms with Gasteiger partial charge in [0, 0.05) is 24.5 Å². The molecule has 0 saturated heterocycles. The molecular weight excluding hydrogens is 371 g/mol. The number of benzene rings is 1. The molecule has 144 valence electrons. The number of hydrogen-bond donors (Lipinski definition) is 2. The van der Waals surface area contributed by atoms with Gasteiger partial charge < -0.3 is 10.6 Å². The first-order valence-electron chi connectivity index (χ1n) is 8.18. The molecule has 1 fully saturated rings. The second-order valence-corrected chi connectivity index (χ2v) is 6.24. The van der Waals surface area contributed by atoms with Crippen molar-refractivity contribution in [2.75, 3.05) is 11.9 Å². The largest absolute Gasteiger partial charge is 0.434 e. The Kier molecular flexibility index (Phi) is 5.24. The van der Waals surface area contributed by atoms with E-state index in [0.29, 0.717) is 12.6 Å². The fourth-order valence-electron chi connectivity index (χ4n) is 2.61. The molecule has 0 spiro atoms. The highest BCUT2D eigenvalue weighted by molar-refractivity contribution is 5.95. The number of carbonyl (C=O) groups is 1. The lowest BCUT2D eigenvalue weighted by Gasteiger charge is -2.25. The third kappa shape index (κ3) is 4.69. The molecule has 1 aliphatic carbocycles. The summed E-state index contributed by atoms with van der Waals surface area (Å²) in [4.78, 5) is 19.1. The maximum atomic E-state index is 13.3. The second kappa shape index (κ2) is 7.45. The number of amides is 1. The van der Waals surface area contributed by atoms with Crippen molar-refractivity contribution >= 4 is 17.5 Å². The van der Waals surface area contributed by atoms with Crippen LogP contribution in [0, 0.1) is 17.6 Å². The minimum Gasteiger partial charge on any atom is -0.352 e. The van der Waals surface area contributed by atoms with Gasteiger partial charge in [-0.3, -0.25) is 4.79 Å². The molecule has 27 heavy (non-hydrogen) atoms. The average Bonchev–Trinajstić information content (AvgIpc) is 2.51. The van der Waals surface area contributed by atoms with Gasteiger partial charge in [0.2, 0.25) is 5.95 Å². The van der Waals surface area contributed by atoms with Gasteiger partial charge in [-0.05, 0) is 30.9 Å². The Bertz CT molecular complexity index is 831. The SMILES string of the molecule is O=C(NCC1CCC1)c1cnc(Nc2cc(F)cc(F)c2)nc1C(F)(F)F. The van der Waals surface area contributed by atoms with E-state index in [1.54, 1.807) is 0 Å². The zero-order chi connectivity index (χ0) is 19.6. The summed E-state index contributed by atoms with van der Waals surface area (Å²) in [6.07, 6.45) is -1.27. The van der Waals surface area contributed by atoms with E-state index in [9.17, 15) is 26.7 Å². The Hall–Kier alpha value is -2.78. The summed E-state index contributed by atoms with van der Waals surface area (Å²) in [6, 6.07) is 2.36. The summed E-state index contributed by atoms with van der Waals surface area (Å²) in [6.45, 7) is 0.290. The van der Waals surface area contributed by atoms with E-state index in [1.807, 2.05) is 0 Å². The minimum absolute atomic E-state index is 0.164. The summed E-state index contributed by atoms with van der Waals surface area (Å²) in [7, 11) is 0. The maximum absolute atomic E-state index is 13.3. The van der Waals surface area contributed by atoms with Gasteiger partial charge in [0.1, 0.15) is 11.6 Å². The third-order valence-corrected chi connectivity index (χ3v) is 4.20. The number of rotatable bonds is 5. The average molecular weight is 386 g/mol. The van der Waals surface area contributed by atoms with Crippen LogP contribution in [0.5, 0.6) is 0 Å². The molecule has 3 rings (SSSR count). The Balaban J connectivity index is 1.83. The number of nitrogens with zero attached hydrogens (tertiary/aromatic N) is 2. The highest BCUT2D eigenvalue weighted by Gasteiger charge is 2.38. The predicted molar refractivity (Wildman–Crippen MR) is 86.3 cm³/mol. The molecule has 1 saturated carbocycles. The van der Waals surface area contributed by atoms with Crippen LogP contribution in [0.2, 0.25) is 0 Å². The lowest BCUT2D eigenvalue weighted by atomic mass is 9.85. The Labute approximate surface area is 151 Å². The minimum atomic E-state index is -4.91. The van der Waals surface area contributed by atoms with Gasteiger partial charge in [-0.1, -0.05) is 6.42 Å². The smallest absolute Gasteiger partial charge is 0.352 e. The second-order valence-electron chi connectivity index (χ2n) is 6.24. The van der Waals surface area contributed by atoms with Gasteiger partial charge in [-0.2, -0.15) is 13.2 Å². The summed E-state index contributed by atoms with van der Waals surface area (Å²) < 4.78 is 66.3. The van der Waals surface area contributed by atoms with Crippen molar-refractivity contribution in [2.24, 2.45) is 5.92 Å². The fraction of sp³-hybridized carbons (Fsp3) is 0.353. The standard InChI is InChI=1S/C17H15F5N4O/c18-10-4-11(19)6-12(5-10)25-16-24-8-13(14(26-16)17(20,21)22)15(27)23-7-9-2-1-3-9/h4-6,8-9H,1-3,7H2,(H,23,27)(H,24,25,26). The van der Waals surface area contributed by atoms with Crippen molar-refractivity contribution in [2.45, 2.75) is 25.4 Å². The molecule has 2 N–H and O–H groups in total. The van der Waals surface area contributed by atoms with Crippen LogP contribution in [0.15, 0.2) is 24.4 Å². The van der Waals surface area contributed by atoms with Crippen LogP contribution < -0.4 is 10.6 Å². The molecule has 1 aromatic heterocycles. The van der Waals surface area contributed by atoms with E-state index in [4.69, 9.17) is 0 Å². The molecule has 2 aromatic rings. The number of hydrogen-bond acceptors (Lipinski definition) is 4. The van der Waals surface area contributed by atoms with E-state index in [1.165, 1.54) is 0 Å². The molecule has 0 bridgehead atoms. The number of aromatic nitrogens is 2. The summed E-state index contributed by atoms with van der Waals surface area (Å²) in [5.41, 5.74) is -2.30. The number of carbonyl (C=O) groups excluding carboxylic acids is 1. The van der Waals surface area contributed by atoms with Crippen LogP contribution >= 0.6 is 0 Å². The molecule has 1 heterocycles. The maximum Gasteiger partial charge on any atom is 0.434 e. The van der Waals surface area contributed by atoms with Crippen molar-refractivity contribution in [3.63, 3.8) is 0 Å². The molecule has 0 aliphatic heterocycles. The summed E-state index contributed by atoms with van der Waals surface area (Å²) >= 11 is 0. The number of halogens is 5. The highest BCUT2D eigenvalue weighted by atomic mass is 19.4. The highest BCUT2D eigenvalue weighted by Crippen LogP contribution is 2.31. The van der Waals surface area contributed by atoms with Crippen molar-refractivity contribution in [3.05, 3.63) is 47.3 Å². The quantitative estimate of drug-likeness (QED) is 0.761. The van der Waals surface area contributed by atoms with Crippen molar-refractivity contribution in [1.29, 1.82) is 0 Å². The molecule has 10 heteroatoms. The molecular formula is C17H15F5N4O. The number of alkyl halides is 3. The normalized spacial score (nSPS) is 14.6. The summed E-state index contributed by atoms with van der Waals surface area (Å²) in [5.74, 6) is -3.02. The molecule has 1 amide bonds. The monoisotopic (exact) mass is 386 g/mol. The molecule has 1 aliphatic rings. The zero-order valence-electron chi connectivity index (χ0n) is 13.9. The zero-order valence-corrected chi connectivity index (χ0v) is 13.9. The van der Waals surface area contributed by atoms with Crippen LogP contribution in [0.1, 0.15) is 35.3 Å². The third-order valence-electron chi connectivity index (χ3n) is 4.20.